The zero-order chi connectivity index (χ0) is 8.10. The maximum atomic E-state index is 5.65. The van der Waals surface area contributed by atoms with Crippen LogP contribution in [0.2, 0.25) is 5.02 Å². The highest BCUT2D eigenvalue weighted by Gasteiger charge is 1.90. The van der Waals surface area contributed by atoms with E-state index in [1.807, 2.05) is 0 Å². The van der Waals surface area contributed by atoms with Gasteiger partial charge in [0.25, 0.3) is 0 Å². The topological polar surface area (TPSA) is 47.3 Å². The summed E-state index contributed by atoms with van der Waals surface area (Å²) < 4.78 is 5.12. The minimum absolute atomic E-state index is 0.293. The average molecular weight is 173 g/mol. The average Bonchev–Trinajstić information content (AvgIpc) is 2.04. The van der Waals surface area contributed by atoms with Crippen molar-refractivity contribution in [1.82, 2.24) is 5.43 Å². The first-order valence-corrected chi connectivity index (χ1v) is 3.52. The van der Waals surface area contributed by atoms with Gasteiger partial charge in [-0.25, -0.2) is 5.43 Å². The molecule has 0 aliphatic rings. The van der Waals surface area contributed by atoms with Gasteiger partial charge in [-0.15, -0.1) is 0 Å². The second-order valence-electron chi connectivity index (χ2n) is 1.95. The number of hydrogen-bond donors (Lipinski definition) is 2. The zero-order valence-electron chi connectivity index (χ0n) is 5.88. The molecule has 4 heteroatoms. The fourth-order valence-corrected chi connectivity index (χ4v) is 0.782. The maximum Gasteiger partial charge on any atom is 0.151 e. The van der Waals surface area contributed by atoms with E-state index in [1.165, 1.54) is 0 Å². The molecule has 0 saturated heterocycles. The van der Waals surface area contributed by atoms with Gasteiger partial charge in [0.2, 0.25) is 0 Å². The third kappa shape index (κ3) is 2.76. The van der Waals surface area contributed by atoms with E-state index in [-0.39, 0.29) is 0 Å². The first-order valence-electron chi connectivity index (χ1n) is 3.15. The van der Waals surface area contributed by atoms with Crippen LogP contribution in [0.15, 0.2) is 24.3 Å². The van der Waals surface area contributed by atoms with Crippen LogP contribution in [0.1, 0.15) is 0 Å². The monoisotopic (exact) mass is 172 g/mol. The van der Waals surface area contributed by atoms with E-state index in [0.717, 1.165) is 5.75 Å². The van der Waals surface area contributed by atoms with Crippen molar-refractivity contribution >= 4 is 11.6 Å². The van der Waals surface area contributed by atoms with E-state index in [1.54, 1.807) is 24.3 Å². The van der Waals surface area contributed by atoms with Crippen molar-refractivity contribution in [1.29, 1.82) is 0 Å². The van der Waals surface area contributed by atoms with Crippen LogP contribution in [0, 0.1) is 0 Å². The van der Waals surface area contributed by atoms with Gasteiger partial charge < -0.3 is 4.74 Å². The molecule has 0 atom stereocenters. The number of hydrazine groups is 1. The molecule has 3 nitrogen and oxygen atoms in total. The number of nitrogens with two attached hydrogens (primary N) is 1. The van der Waals surface area contributed by atoms with E-state index in [0.29, 0.717) is 11.8 Å². The molecule has 0 unspecified atom stereocenters. The van der Waals surface area contributed by atoms with Gasteiger partial charge in [-0.3, -0.25) is 5.84 Å². The Kier molecular flexibility index (Phi) is 3.16. The molecule has 0 bridgehead atoms. The first kappa shape index (κ1) is 8.33. The zero-order valence-corrected chi connectivity index (χ0v) is 6.64. The lowest BCUT2D eigenvalue weighted by molar-refractivity contribution is 0.286. The fraction of sp³-hybridized carbons (Fsp3) is 0.143. The summed E-state index contributed by atoms with van der Waals surface area (Å²) in [5.74, 6) is 5.75. The molecule has 0 amide bonds. The van der Waals surface area contributed by atoms with E-state index >= 15 is 0 Å². The molecule has 0 fully saturated rings. The standard InChI is InChI=1S/C7H9ClN2O/c8-6-1-3-7(4-2-6)11-5-10-9/h1-4,10H,5,9H2. The summed E-state index contributed by atoms with van der Waals surface area (Å²) in [6.07, 6.45) is 0. The van der Waals surface area contributed by atoms with E-state index in [4.69, 9.17) is 22.2 Å². The highest BCUT2D eigenvalue weighted by molar-refractivity contribution is 6.30. The predicted octanol–water partition coefficient (Wildman–Crippen LogP) is 1.14. The molecule has 0 aliphatic heterocycles. The third-order valence-corrected chi connectivity index (χ3v) is 1.39. The molecule has 0 spiro atoms. The second-order valence-corrected chi connectivity index (χ2v) is 2.38. The van der Waals surface area contributed by atoms with Gasteiger partial charge in [0.15, 0.2) is 6.73 Å². The third-order valence-electron chi connectivity index (χ3n) is 1.14. The lowest BCUT2D eigenvalue weighted by Crippen LogP contribution is -2.26. The second kappa shape index (κ2) is 4.18. The fourth-order valence-electron chi connectivity index (χ4n) is 0.656. The first-order chi connectivity index (χ1) is 5.33. The molecule has 0 radical (unpaired) electrons. The SMILES string of the molecule is NNCOc1ccc(Cl)cc1. The Labute approximate surface area is 70.1 Å². The van der Waals surface area contributed by atoms with Crippen molar-refractivity contribution in [2.45, 2.75) is 0 Å². The number of benzene rings is 1. The summed E-state index contributed by atoms with van der Waals surface area (Å²) in [7, 11) is 0. The molecule has 1 rings (SSSR count). The Morgan fingerprint density at radius 2 is 2.00 bits per heavy atom. The summed E-state index contributed by atoms with van der Waals surface area (Å²) in [5, 5.41) is 0.693. The summed E-state index contributed by atoms with van der Waals surface area (Å²) in [4.78, 5) is 0. The summed E-state index contributed by atoms with van der Waals surface area (Å²) in [5.41, 5.74) is 2.38. The van der Waals surface area contributed by atoms with Crippen LogP contribution in [0.25, 0.3) is 0 Å². The van der Waals surface area contributed by atoms with E-state index in [9.17, 15) is 0 Å². The highest BCUT2D eigenvalue weighted by Crippen LogP contribution is 2.14. The Bertz CT molecular complexity index is 212. The van der Waals surface area contributed by atoms with Crippen molar-refractivity contribution in [3.63, 3.8) is 0 Å². The molecule has 0 aliphatic carbocycles. The Balaban J connectivity index is 2.52. The van der Waals surface area contributed by atoms with Crippen molar-refractivity contribution in [2.24, 2.45) is 5.84 Å². The normalized spacial score (nSPS) is 9.64. The Hall–Kier alpha value is -0.770. The summed E-state index contributed by atoms with van der Waals surface area (Å²) in [6.45, 7) is 0.293. The largest absolute Gasteiger partial charge is 0.477 e. The number of ether oxygens (including phenoxy) is 1. The summed E-state index contributed by atoms with van der Waals surface area (Å²) >= 11 is 5.65. The molecule has 11 heavy (non-hydrogen) atoms. The number of halogens is 1. The van der Waals surface area contributed by atoms with Crippen molar-refractivity contribution < 1.29 is 4.74 Å². The van der Waals surface area contributed by atoms with E-state index in [2.05, 4.69) is 5.43 Å². The van der Waals surface area contributed by atoms with Crippen LogP contribution >= 0.6 is 11.6 Å². The molecular formula is C7H9ClN2O. The van der Waals surface area contributed by atoms with Gasteiger partial charge in [-0.05, 0) is 24.3 Å². The molecular weight excluding hydrogens is 164 g/mol. The molecule has 0 saturated carbocycles. The number of rotatable bonds is 3. The summed E-state index contributed by atoms with van der Waals surface area (Å²) in [6, 6.07) is 7.07. The van der Waals surface area contributed by atoms with Crippen molar-refractivity contribution in [2.75, 3.05) is 6.73 Å². The molecule has 0 heterocycles. The van der Waals surface area contributed by atoms with Gasteiger partial charge >= 0.3 is 0 Å². The van der Waals surface area contributed by atoms with Gasteiger partial charge in [-0.1, -0.05) is 11.6 Å². The predicted molar refractivity (Wildman–Crippen MR) is 44.3 cm³/mol. The molecule has 1 aromatic rings. The minimum atomic E-state index is 0.293. The van der Waals surface area contributed by atoms with E-state index < -0.39 is 0 Å². The number of hydrogen-bond acceptors (Lipinski definition) is 3. The van der Waals surface area contributed by atoms with Gasteiger partial charge in [-0.2, -0.15) is 0 Å². The Morgan fingerprint density at radius 1 is 1.36 bits per heavy atom. The Morgan fingerprint density at radius 3 is 2.55 bits per heavy atom. The quantitative estimate of drug-likeness (QED) is 0.408. The molecule has 60 valence electrons. The minimum Gasteiger partial charge on any atom is -0.477 e. The lowest BCUT2D eigenvalue weighted by atomic mass is 10.3. The van der Waals surface area contributed by atoms with Crippen LogP contribution in [0.4, 0.5) is 0 Å². The van der Waals surface area contributed by atoms with Gasteiger partial charge in [0.05, 0.1) is 0 Å². The smallest absolute Gasteiger partial charge is 0.151 e. The van der Waals surface area contributed by atoms with Gasteiger partial charge in [0, 0.05) is 5.02 Å². The lowest BCUT2D eigenvalue weighted by Gasteiger charge is -2.03. The number of nitrogens with one attached hydrogen (secondary N) is 1. The van der Waals surface area contributed by atoms with Crippen molar-refractivity contribution in [3.8, 4) is 5.75 Å². The van der Waals surface area contributed by atoms with Crippen LogP contribution in [-0.2, 0) is 0 Å². The van der Waals surface area contributed by atoms with Crippen LogP contribution in [0.3, 0.4) is 0 Å². The van der Waals surface area contributed by atoms with Crippen molar-refractivity contribution in [3.05, 3.63) is 29.3 Å². The van der Waals surface area contributed by atoms with Crippen LogP contribution in [-0.4, -0.2) is 6.73 Å². The highest BCUT2D eigenvalue weighted by atomic mass is 35.5. The maximum absolute atomic E-state index is 5.65. The molecule has 0 aromatic heterocycles. The van der Waals surface area contributed by atoms with Crippen LogP contribution < -0.4 is 16.0 Å². The van der Waals surface area contributed by atoms with Gasteiger partial charge in [0.1, 0.15) is 5.75 Å². The van der Waals surface area contributed by atoms with Crippen LogP contribution in [0.5, 0.6) is 5.75 Å². The molecule has 1 aromatic carbocycles. The molecule has 3 N–H and O–H groups in total.